The number of hydrogen-bond donors (Lipinski definition) is 2. The van der Waals surface area contributed by atoms with Gasteiger partial charge < -0.3 is 15.3 Å². The fourth-order valence-corrected chi connectivity index (χ4v) is 0.689. The van der Waals surface area contributed by atoms with Gasteiger partial charge in [-0.2, -0.15) is 0 Å². The largest absolute Gasteiger partial charge is 0.478 e. The molecule has 1 heterocycles. The first-order valence-electron chi connectivity index (χ1n) is 2.75. The van der Waals surface area contributed by atoms with Crippen LogP contribution in [0, 0.1) is 0 Å². The summed E-state index contributed by atoms with van der Waals surface area (Å²) in [5.41, 5.74) is 5.32. The van der Waals surface area contributed by atoms with Crippen molar-refractivity contribution in [1.29, 1.82) is 0 Å². The minimum atomic E-state index is -1.01. The number of rotatable bonds is 2. The van der Waals surface area contributed by atoms with E-state index in [1.807, 2.05) is 0 Å². The maximum Gasteiger partial charge on any atom is 0.339 e. The standard InChI is InChI=1S/C6H7NO3/c7-3-5-4(6(8)9)1-2-10-5/h1-2H,3,7H2,(H,8,9). The van der Waals surface area contributed by atoms with Gasteiger partial charge >= 0.3 is 5.97 Å². The van der Waals surface area contributed by atoms with Gasteiger partial charge in [0.05, 0.1) is 12.8 Å². The summed E-state index contributed by atoms with van der Waals surface area (Å²) in [7, 11) is 0. The van der Waals surface area contributed by atoms with Gasteiger partial charge in [-0.1, -0.05) is 0 Å². The summed E-state index contributed by atoms with van der Waals surface area (Å²) in [4.78, 5) is 10.3. The van der Waals surface area contributed by atoms with Crippen molar-refractivity contribution in [1.82, 2.24) is 0 Å². The summed E-state index contributed by atoms with van der Waals surface area (Å²) < 4.78 is 4.77. The van der Waals surface area contributed by atoms with Crippen LogP contribution >= 0.6 is 0 Å². The SMILES string of the molecule is NCc1occc1C(=O)O. The Morgan fingerprint density at radius 1 is 1.80 bits per heavy atom. The summed E-state index contributed by atoms with van der Waals surface area (Å²) >= 11 is 0. The van der Waals surface area contributed by atoms with E-state index >= 15 is 0 Å². The molecule has 54 valence electrons. The van der Waals surface area contributed by atoms with Crippen LogP contribution in [-0.4, -0.2) is 11.1 Å². The first kappa shape index (κ1) is 6.82. The number of aromatic carboxylic acids is 1. The predicted molar refractivity (Wildman–Crippen MR) is 33.6 cm³/mol. The highest BCUT2D eigenvalue weighted by Crippen LogP contribution is 2.08. The maximum atomic E-state index is 10.3. The molecule has 0 bridgehead atoms. The van der Waals surface area contributed by atoms with Gasteiger partial charge in [-0.15, -0.1) is 0 Å². The summed E-state index contributed by atoms with van der Waals surface area (Å²) in [5, 5.41) is 8.47. The van der Waals surface area contributed by atoms with Crippen LogP contribution in [0.1, 0.15) is 16.1 Å². The lowest BCUT2D eigenvalue weighted by Crippen LogP contribution is -2.03. The van der Waals surface area contributed by atoms with Crippen molar-refractivity contribution in [3.63, 3.8) is 0 Å². The van der Waals surface area contributed by atoms with Gasteiger partial charge in [0, 0.05) is 0 Å². The van der Waals surface area contributed by atoms with E-state index in [2.05, 4.69) is 0 Å². The van der Waals surface area contributed by atoms with Gasteiger partial charge in [0.15, 0.2) is 0 Å². The number of carbonyl (C=O) groups is 1. The van der Waals surface area contributed by atoms with Gasteiger partial charge in [0.2, 0.25) is 0 Å². The zero-order valence-electron chi connectivity index (χ0n) is 5.20. The molecule has 1 aromatic heterocycles. The Morgan fingerprint density at radius 2 is 2.50 bits per heavy atom. The third-order valence-electron chi connectivity index (χ3n) is 1.16. The van der Waals surface area contributed by atoms with E-state index in [4.69, 9.17) is 15.3 Å². The van der Waals surface area contributed by atoms with Crippen LogP contribution in [0.15, 0.2) is 16.7 Å². The van der Waals surface area contributed by atoms with Crippen LogP contribution in [0.4, 0.5) is 0 Å². The van der Waals surface area contributed by atoms with Crippen LogP contribution < -0.4 is 5.73 Å². The van der Waals surface area contributed by atoms with Crippen LogP contribution in [0.25, 0.3) is 0 Å². The van der Waals surface area contributed by atoms with E-state index in [9.17, 15) is 4.79 Å². The first-order chi connectivity index (χ1) is 4.75. The second-order valence-corrected chi connectivity index (χ2v) is 1.77. The van der Waals surface area contributed by atoms with Crippen LogP contribution in [0.5, 0.6) is 0 Å². The van der Waals surface area contributed by atoms with Crippen molar-refractivity contribution in [3.05, 3.63) is 23.7 Å². The molecule has 0 aliphatic heterocycles. The topological polar surface area (TPSA) is 76.5 Å². The quantitative estimate of drug-likeness (QED) is 0.626. The van der Waals surface area contributed by atoms with Crippen molar-refractivity contribution in [3.8, 4) is 0 Å². The third kappa shape index (κ3) is 1.01. The number of hydrogen-bond acceptors (Lipinski definition) is 3. The zero-order valence-corrected chi connectivity index (χ0v) is 5.20. The average Bonchev–Trinajstić information content (AvgIpc) is 2.33. The summed E-state index contributed by atoms with van der Waals surface area (Å²) in [6, 6.07) is 1.38. The van der Waals surface area contributed by atoms with Gasteiger partial charge in [-0.05, 0) is 6.07 Å². The molecular formula is C6H7NO3. The number of carboxylic acids is 1. The normalized spacial score (nSPS) is 9.70. The van der Waals surface area contributed by atoms with E-state index < -0.39 is 5.97 Å². The Kier molecular flexibility index (Phi) is 1.73. The lowest BCUT2D eigenvalue weighted by atomic mass is 10.2. The maximum absolute atomic E-state index is 10.3. The molecule has 3 N–H and O–H groups in total. The fraction of sp³-hybridized carbons (Fsp3) is 0.167. The molecule has 1 aromatic rings. The number of carboxylic acid groups (broad SMARTS) is 1. The highest BCUT2D eigenvalue weighted by Gasteiger charge is 2.10. The van der Waals surface area contributed by atoms with Crippen LogP contribution in [-0.2, 0) is 6.54 Å². The molecule has 0 unspecified atom stereocenters. The van der Waals surface area contributed by atoms with E-state index in [0.717, 1.165) is 0 Å². The van der Waals surface area contributed by atoms with Crippen molar-refractivity contribution >= 4 is 5.97 Å². The molecule has 1 rings (SSSR count). The average molecular weight is 141 g/mol. The molecule has 0 spiro atoms. The Labute approximate surface area is 57.3 Å². The monoisotopic (exact) mass is 141 g/mol. The Hall–Kier alpha value is -1.29. The predicted octanol–water partition coefficient (Wildman–Crippen LogP) is 0.437. The highest BCUT2D eigenvalue weighted by atomic mass is 16.4. The highest BCUT2D eigenvalue weighted by molar-refractivity contribution is 5.88. The molecule has 0 saturated heterocycles. The Bertz CT molecular complexity index is 241. The van der Waals surface area contributed by atoms with Crippen molar-refractivity contribution < 1.29 is 14.3 Å². The summed E-state index contributed by atoms with van der Waals surface area (Å²) in [5.74, 6) is -0.693. The smallest absolute Gasteiger partial charge is 0.339 e. The number of furan rings is 1. The third-order valence-corrected chi connectivity index (χ3v) is 1.16. The molecule has 0 atom stereocenters. The molecule has 10 heavy (non-hydrogen) atoms. The summed E-state index contributed by atoms with van der Waals surface area (Å²) in [6.45, 7) is 0.120. The van der Waals surface area contributed by atoms with Gasteiger partial charge in [-0.25, -0.2) is 4.79 Å². The first-order valence-corrected chi connectivity index (χ1v) is 2.75. The molecule has 0 amide bonds. The van der Waals surface area contributed by atoms with E-state index in [-0.39, 0.29) is 12.1 Å². The van der Waals surface area contributed by atoms with E-state index in [1.54, 1.807) is 0 Å². The molecule has 0 aromatic carbocycles. The Balaban J connectivity index is 3.01. The van der Waals surface area contributed by atoms with Gasteiger partial charge in [-0.3, -0.25) is 0 Å². The minimum absolute atomic E-state index is 0.120. The summed E-state index contributed by atoms with van der Waals surface area (Å²) in [6.07, 6.45) is 1.31. The second kappa shape index (κ2) is 2.53. The zero-order chi connectivity index (χ0) is 7.56. The molecule has 0 radical (unpaired) electrons. The molecule has 4 heteroatoms. The molecule has 0 aliphatic rings. The second-order valence-electron chi connectivity index (χ2n) is 1.77. The molecule has 4 nitrogen and oxygen atoms in total. The molecule has 0 saturated carbocycles. The minimum Gasteiger partial charge on any atom is -0.478 e. The molecule has 0 fully saturated rings. The lowest BCUT2D eigenvalue weighted by molar-refractivity contribution is 0.0694. The Morgan fingerprint density at radius 3 is 2.90 bits per heavy atom. The van der Waals surface area contributed by atoms with Crippen LogP contribution in [0.3, 0.4) is 0 Å². The van der Waals surface area contributed by atoms with Crippen molar-refractivity contribution in [2.45, 2.75) is 6.54 Å². The number of nitrogens with two attached hydrogens (primary N) is 1. The van der Waals surface area contributed by atoms with Crippen LogP contribution in [0.2, 0.25) is 0 Å². The fourth-order valence-electron chi connectivity index (χ4n) is 0.689. The van der Waals surface area contributed by atoms with Gasteiger partial charge in [0.25, 0.3) is 0 Å². The molecular weight excluding hydrogens is 134 g/mol. The van der Waals surface area contributed by atoms with Crippen molar-refractivity contribution in [2.24, 2.45) is 5.73 Å². The van der Waals surface area contributed by atoms with E-state index in [0.29, 0.717) is 5.76 Å². The lowest BCUT2D eigenvalue weighted by Gasteiger charge is -1.90. The van der Waals surface area contributed by atoms with E-state index in [1.165, 1.54) is 12.3 Å². The van der Waals surface area contributed by atoms with Gasteiger partial charge in [0.1, 0.15) is 11.3 Å². The van der Waals surface area contributed by atoms with Crippen molar-refractivity contribution in [2.75, 3.05) is 0 Å². The molecule has 0 aliphatic carbocycles.